The number of morpholine rings is 1. The number of aryl methyl sites for hydroxylation is 1. The SMILES string of the molecule is COc1c(NC(C)=O)cc(C(C)(C)C)cc1NC(=O)Nc1ccc(-c2ccc(N3CCOCC3)nc2C)c2ccccc12. The van der Waals surface area contributed by atoms with Crippen LogP contribution < -0.4 is 25.6 Å². The second-order valence-electron chi connectivity index (χ2n) is 11.7. The molecule has 0 atom stereocenters. The molecule has 0 aliphatic carbocycles. The molecule has 43 heavy (non-hydrogen) atoms. The first-order valence-electron chi connectivity index (χ1n) is 14.5. The molecule has 0 bridgehead atoms. The first-order valence-corrected chi connectivity index (χ1v) is 14.5. The number of hydrogen-bond donors (Lipinski definition) is 3. The number of fused-ring (bicyclic) bond motifs is 1. The highest BCUT2D eigenvalue weighted by Crippen LogP contribution is 2.39. The summed E-state index contributed by atoms with van der Waals surface area (Å²) < 4.78 is 11.1. The molecule has 3 aromatic carbocycles. The maximum absolute atomic E-state index is 13.4. The number of nitrogens with one attached hydrogen (secondary N) is 3. The lowest BCUT2D eigenvalue weighted by atomic mass is 9.86. The second kappa shape index (κ2) is 12.3. The van der Waals surface area contributed by atoms with Crippen molar-refractivity contribution in [3.63, 3.8) is 0 Å². The molecular weight excluding hydrogens is 542 g/mol. The van der Waals surface area contributed by atoms with Crippen molar-refractivity contribution in [3.05, 3.63) is 71.9 Å². The number of amides is 3. The number of carbonyl (C=O) groups excluding carboxylic acids is 2. The maximum Gasteiger partial charge on any atom is 0.323 e. The lowest BCUT2D eigenvalue weighted by Gasteiger charge is -2.28. The summed E-state index contributed by atoms with van der Waals surface area (Å²) in [5.41, 5.74) is 5.35. The van der Waals surface area contributed by atoms with E-state index in [2.05, 4.69) is 59.8 Å². The Kier molecular flexibility index (Phi) is 8.54. The normalized spacial score (nSPS) is 13.5. The third-order valence-electron chi connectivity index (χ3n) is 7.59. The van der Waals surface area contributed by atoms with Gasteiger partial charge in [-0.05, 0) is 59.2 Å². The fourth-order valence-electron chi connectivity index (χ4n) is 5.38. The van der Waals surface area contributed by atoms with E-state index < -0.39 is 6.03 Å². The molecule has 1 aliphatic rings. The number of rotatable bonds is 6. The summed E-state index contributed by atoms with van der Waals surface area (Å²) in [6, 6.07) is 19.4. The third-order valence-corrected chi connectivity index (χ3v) is 7.59. The first-order chi connectivity index (χ1) is 20.5. The van der Waals surface area contributed by atoms with Crippen LogP contribution in [0.4, 0.5) is 27.7 Å². The fraction of sp³-hybridized carbons (Fsp3) is 0.324. The van der Waals surface area contributed by atoms with Crippen molar-refractivity contribution in [1.29, 1.82) is 0 Å². The number of urea groups is 1. The highest BCUT2D eigenvalue weighted by molar-refractivity contribution is 6.10. The summed E-state index contributed by atoms with van der Waals surface area (Å²) in [6.07, 6.45) is 0. The van der Waals surface area contributed by atoms with Gasteiger partial charge in [-0.1, -0.05) is 51.1 Å². The molecule has 1 saturated heterocycles. The van der Waals surface area contributed by atoms with Crippen LogP contribution in [0.1, 0.15) is 39.0 Å². The molecule has 224 valence electrons. The summed E-state index contributed by atoms with van der Waals surface area (Å²) in [6.45, 7) is 12.7. The summed E-state index contributed by atoms with van der Waals surface area (Å²) >= 11 is 0. The summed E-state index contributed by atoms with van der Waals surface area (Å²) in [7, 11) is 1.51. The van der Waals surface area contributed by atoms with Crippen LogP contribution in [0.3, 0.4) is 0 Å². The second-order valence-corrected chi connectivity index (χ2v) is 11.7. The van der Waals surface area contributed by atoms with Crippen LogP contribution >= 0.6 is 0 Å². The van der Waals surface area contributed by atoms with E-state index in [4.69, 9.17) is 14.5 Å². The number of anilines is 4. The maximum atomic E-state index is 13.4. The van der Waals surface area contributed by atoms with Crippen LogP contribution in [0.15, 0.2) is 60.7 Å². The zero-order valence-electron chi connectivity index (χ0n) is 25.6. The zero-order chi connectivity index (χ0) is 30.7. The fourth-order valence-corrected chi connectivity index (χ4v) is 5.38. The van der Waals surface area contributed by atoms with Gasteiger partial charge in [0.1, 0.15) is 5.82 Å². The highest BCUT2D eigenvalue weighted by Gasteiger charge is 2.22. The monoisotopic (exact) mass is 581 g/mol. The molecule has 0 radical (unpaired) electrons. The Hall–Kier alpha value is -4.63. The Labute approximate surface area is 252 Å². The van der Waals surface area contributed by atoms with Gasteiger partial charge in [-0.15, -0.1) is 0 Å². The molecule has 0 saturated carbocycles. The standard InChI is InChI=1S/C34H39N5O4/c1-21-24(12-14-31(35-21)39-15-17-43-18-16-39)26-11-13-28(27-10-8-7-9-25(26)27)37-33(41)38-30-20-23(34(3,4)5)19-29(32(30)42-6)36-22(2)40/h7-14,19-20H,15-18H2,1-6H3,(H,36,40)(H2,37,38,41). The van der Waals surface area contributed by atoms with Crippen molar-refractivity contribution < 1.29 is 19.1 Å². The molecule has 4 aromatic rings. The van der Waals surface area contributed by atoms with Crippen molar-refractivity contribution in [2.75, 3.05) is 54.3 Å². The van der Waals surface area contributed by atoms with E-state index in [0.717, 1.165) is 52.1 Å². The highest BCUT2D eigenvalue weighted by atomic mass is 16.5. The topological polar surface area (TPSA) is 105 Å². The summed E-state index contributed by atoms with van der Waals surface area (Å²) in [4.78, 5) is 32.5. The Balaban J connectivity index is 1.45. The Morgan fingerprint density at radius 1 is 0.860 bits per heavy atom. The Bertz CT molecular complexity index is 1670. The van der Waals surface area contributed by atoms with Crippen LogP contribution in [0, 0.1) is 6.92 Å². The van der Waals surface area contributed by atoms with E-state index >= 15 is 0 Å². The lowest BCUT2D eigenvalue weighted by molar-refractivity contribution is -0.114. The van der Waals surface area contributed by atoms with Crippen molar-refractivity contribution in [2.24, 2.45) is 0 Å². The number of nitrogens with zero attached hydrogens (tertiary/aromatic N) is 2. The van der Waals surface area contributed by atoms with Crippen molar-refractivity contribution in [2.45, 2.75) is 40.0 Å². The largest absolute Gasteiger partial charge is 0.492 e. The van der Waals surface area contributed by atoms with E-state index in [9.17, 15) is 9.59 Å². The van der Waals surface area contributed by atoms with Crippen molar-refractivity contribution in [3.8, 4) is 16.9 Å². The van der Waals surface area contributed by atoms with Gasteiger partial charge in [-0.3, -0.25) is 4.79 Å². The van der Waals surface area contributed by atoms with Gasteiger partial charge in [-0.2, -0.15) is 0 Å². The van der Waals surface area contributed by atoms with Crippen LogP contribution in [0.2, 0.25) is 0 Å². The number of benzene rings is 3. The average molecular weight is 582 g/mol. The van der Waals surface area contributed by atoms with Crippen molar-refractivity contribution in [1.82, 2.24) is 4.98 Å². The van der Waals surface area contributed by atoms with Gasteiger partial charge in [0.25, 0.3) is 0 Å². The minimum absolute atomic E-state index is 0.229. The van der Waals surface area contributed by atoms with Gasteiger partial charge in [0.05, 0.1) is 37.4 Å². The lowest BCUT2D eigenvalue weighted by Crippen LogP contribution is -2.36. The molecule has 1 aliphatic heterocycles. The Morgan fingerprint density at radius 3 is 2.12 bits per heavy atom. The Morgan fingerprint density at radius 2 is 1.49 bits per heavy atom. The number of hydrogen-bond acceptors (Lipinski definition) is 6. The molecular formula is C34H39N5O4. The van der Waals surface area contributed by atoms with Gasteiger partial charge in [0.2, 0.25) is 5.91 Å². The average Bonchev–Trinajstić information content (AvgIpc) is 2.97. The van der Waals surface area contributed by atoms with Crippen LogP contribution in [-0.4, -0.2) is 50.3 Å². The molecule has 3 N–H and O–H groups in total. The number of ether oxygens (including phenoxy) is 2. The van der Waals surface area contributed by atoms with E-state index in [0.29, 0.717) is 36.0 Å². The smallest absolute Gasteiger partial charge is 0.323 e. The number of methoxy groups -OCH3 is 1. The van der Waals surface area contributed by atoms with Gasteiger partial charge in [-0.25, -0.2) is 9.78 Å². The molecule has 1 fully saturated rings. The first kappa shape index (κ1) is 29.8. The van der Waals surface area contributed by atoms with E-state index in [1.807, 2.05) is 49.4 Å². The molecule has 1 aromatic heterocycles. The predicted molar refractivity (Wildman–Crippen MR) is 174 cm³/mol. The molecule has 9 nitrogen and oxygen atoms in total. The minimum Gasteiger partial charge on any atom is -0.492 e. The van der Waals surface area contributed by atoms with Crippen molar-refractivity contribution >= 4 is 45.6 Å². The van der Waals surface area contributed by atoms with Gasteiger partial charge in [0, 0.05) is 36.7 Å². The zero-order valence-corrected chi connectivity index (χ0v) is 25.6. The molecule has 0 unspecified atom stereocenters. The molecule has 5 rings (SSSR count). The van der Waals surface area contributed by atoms with Crippen LogP contribution in [0.25, 0.3) is 21.9 Å². The molecule has 0 spiro atoms. The number of carbonyl (C=O) groups is 2. The van der Waals surface area contributed by atoms with Crippen LogP contribution in [-0.2, 0) is 14.9 Å². The summed E-state index contributed by atoms with van der Waals surface area (Å²) in [5, 5.41) is 10.7. The number of aromatic nitrogens is 1. The molecule has 2 heterocycles. The van der Waals surface area contributed by atoms with E-state index in [-0.39, 0.29) is 11.3 Å². The summed E-state index contributed by atoms with van der Waals surface area (Å²) in [5.74, 6) is 1.10. The van der Waals surface area contributed by atoms with Gasteiger partial charge < -0.3 is 30.3 Å². The van der Waals surface area contributed by atoms with Gasteiger partial charge in [0.15, 0.2) is 5.75 Å². The number of pyridine rings is 1. The predicted octanol–water partition coefficient (Wildman–Crippen LogP) is 6.96. The molecule has 3 amide bonds. The van der Waals surface area contributed by atoms with Gasteiger partial charge >= 0.3 is 6.03 Å². The third kappa shape index (κ3) is 6.57. The van der Waals surface area contributed by atoms with E-state index in [1.165, 1.54) is 14.0 Å². The quantitative estimate of drug-likeness (QED) is 0.228. The molecule has 9 heteroatoms. The van der Waals surface area contributed by atoms with E-state index in [1.54, 1.807) is 0 Å². The van der Waals surface area contributed by atoms with Crippen LogP contribution in [0.5, 0.6) is 5.75 Å². The minimum atomic E-state index is -0.427.